The Hall–Kier alpha value is -1.87. The molecule has 8 nitrogen and oxygen atoms in total. The van der Waals surface area contributed by atoms with Crippen LogP contribution in [0.5, 0.6) is 0 Å². The molecule has 0 radical (unpaired) electrons. The maximum atomic E-state index is 12.6. The molecule has 2 heterocycles. The van der Waals surface area contributed by atoms with Crippen molar-refractivity contribution in [1.29, 1.82) is 0 Å². The summed E-state index contributed by atoms with van der Waals surface area (Å²) in [5, 5.41) is 9.20. The smallest absolute Gasteiger partial charge is 0.308 e. The highest BCUT2D eigenvalue weighted by atomic mass is 32.2. The molecule has 2 atom stereocenters. The number of hydrogen-bond donors (Lipinski definition) is 1. The summed E-state index contributed by atoms with van der Waals surface area (Å²) >= 11 is 0. The van der Waals surface area contributed by atoms with Gasteiger partial charge in [-0.25, -0.2) is 12.7 Å². The highest BCUT2D eigenvalue weighted by molar-refractivity contribution is 7.89. The van der Waals surface area contributed by atoms with E-state index in [1.54, 1.807) is 0 Å². The van der Waals surface area contributed by atoms with Crippen LogP contribution >= 0.6 is 0 Å². The van der Waals surface area contributed by atoms with Crippen LogP contribution in [0.25, 0.3) is 0 Å². The Morgan fingerprint density at radius 2 is 1.96 bits per heavy atom. The molecule has 1 aromatic rings. The maximum absolute atomic E-state index is 12.6. The van der Waals surface area contributed by atoms with Crippen LogP contribution in [0.4, 0.5) is 0 Å². The van der Waals surface area contributed by atoms with Crippen LogP contribution in [0.2, 0.25) is 0 Å². The van der Waals surface area contributed by atoms with Crippen molar-refractivity contribution < 1.29 is 27.5 Å². The largest absolute Gasteiger partial charge is 0.481 e. The van der Waals surface area contributed by atoms with E-state index in [-0.39, 0.29) is 28.9 Å². The molecule has 0 bridgehead atoms. The number of furan rings is 1. The minimum absolute atomic E-state index is 0.0461. The SMILES string of the molecule is Cc1oc(C(=O)N2CC(C)CC(C(=O)O)C2)cc1S(=O)(=O)N(C)C. The zero-order valence-corrected chi connectivity index (χ0v) is 15.0. The van der Waals surface area contributed by atoms with Gasteiger partial charge in [0.15, 0.2) is 5.76 Å². The molecule has 134 valence electrons. The molecule has 1 aromatic heterocycles. The fourth-order valence-electron chi connectivity index (χ4n) is 2.88. The molecule has 2 rings (SSSR count). The second kappa shape index (κ2) is 6.56. The van der Waals surface area contributed by atoms with Gasteiger partial charge in [0.1, 0.15) is 10.7 Å². The Balaban J connectivity index is 2.29. The highest BCUT2D eigenvalue weighted by Gasteiger charge is 2.34. The van der Waals surface area contributed by atoms with E-state index < -0.39 is 27.8 Å². The van der Waals surface area contributed by atoms with Crippen molar-refractivity contribution in [1.82, 2.24) is 9.21 Å². The van der Waals surface area contributed by atoms with Crippen molar-refractivity contribution in [3.05, 3.63) is 17.6 Å². The molecule has 1 fully saturated rings. The molecule has 2 unspecified atom stereocenters. The van der Waals surface area contributed by atoms with E-state index in [0.717, 1.165) is 4.31 Å². The van der Waals surface area contributed by atoms with Gasteiger partial charge in [-0.15, -0.1) is 0 Å². The zero-order chi connectivity index (χ0) is 18.2. The summed E-state index contributed by atoms with van der Waals surface area (Å²) in [6.45, 7) is 3.86. The van der Waals surface area contributed by atoms with Crippen molar-refractivity contribution in [2.24, 2.45) is 11.8 Å². The molecule has 24 heavy (non-hydrogen) atoms. The summed E-state index contributed by atoms with van der Waals surface area (Å²) in [4.78, 5) is 25.2. The van der Waals surface area contributed by atoms with E-state index in [2.05, 4.69) is 0 Å². The number of piperidine rings is 1. The fraction of sp³-hybridized carbons (Fsp3) is 0.600. The molecule has 0 saturated carbocycles. The minimum atomic E-state index is -3.71. The van der Waals surface area contributed by atoms with Crippen molar-refractivity contribution in [3.8, 4) is 0 Å². The lowest BCUT2D eigenvalue weighted by Crippen LogP contribution is -2.45. The van der Waals surface area contributed by atoms with Gasteiger partial charge in [0.25, 0.3) is 5.91 Å². The predicted molar refractivity (Wildman–Crippen MR) is 85.1 cm³/mol. The molecule has 1 amide bonds. The lowest BCUT2D eigenvalue weighted by molar-refractivity contribution is -0.143. The summed E-state index contributed by atoms with van der Waals surface area (Å²) in [6, 6.07) is 1.21. The molecule has 0 aromatic carbocycles. The third kappa shape index (κ3) is 3.46. The molecule has 0 spiro atoms. The van der Waals surface area contributed by atoms with Gasteiger partial charge in [-0.2, -0.15) is 0 Å². The second-order valence-corrected chi connectivity index (χ2v) is 8.52. The quantitative estimate of drug-likeness (QED) is 0.861. The van der Waals surface area contributed by atoms with Gasteiger partial charge in [-0.3, -0.25) is 9.59 Å². The van der Waals surface area contributed by atoms with Crippen LogP contribution in [0.3, 0.4) is 0 Å². The monoisotopic (exact) mass is 358 g/mol. The van der Waals surface area contributed by atoms with E-state index in [0.29, 0.717) is 13.0 Å². The zero-order valence-electron chi connectivity index (χ0n) is 14.1. The average molecular weight is 358 g/mol. The average Bonchev–Trinajstić information content (AvgIpc) is 2.88. The summed E-state index contributed by atoms with van der Waals surface area (Å²) in [7, 11) is -0.919. The Morgan fingerprint density at radius 3 is 2.50 bits per heavy atom. The summed E-state index contributed by atoms with van der Waals surface area (Å²) in [5.74, 6) is -1.97. The van der Waals surface area contributed by atoms with Gasteiger partial charge < -0.3 is 14.4 Å². The Morgan fingerprint density at radius 1 is 1.33 bits per heavy atom. The molecule has 1 aliphatic heterocycles. The molecule has 0 aliphatic carbocycles. The van der Waals surface area contributed by atoms with Crippen LogP contribution in [0.15, 0.2) is 15.4 Å². The Labute approximate surface area is 141 Å². The normalized spacial score (nSPS) is 22.0. The number of hydrogen-bond acceptors (Lipinski definition) is 5. The van der Waals surface area contributed by atoms with E-state index >= 15 is 0 Å². The third-order valence-corrected chi connectivity index (χ3v) is 6.06. The number of sulfonamides is 1. The van der Waals surface area contributed by atoms with Gasteiger partial charge in [-0.05, 0) is 19.3 Å². The number of likely N-dealkylation sites (tertiary alicyclic amines) is 1. The van der Waals surface area contributed by atoms with Gasteiger partial charge in [0.2, 0.25) is 10.0 Å². The van der Waals surface area contributed by atoms with E-state index in [1.165, 1.54) is 32.0 Å². The van der Waals surface area contributed by atoms with Crippen molar-refractivity contribution in [2.75, 3.05) is 27.2 Å². The van der Waals surface area contributed by atoms with Crippen molar-refractivity contribution >= 4 is 21.9 Å². The number of carboxylic acid groups (broad SMARTS) is 1. The number of rotatable bonds is 4. The van der Waals surface area contributed by atoms with Crippen LogP contribution < -0.4 is 0 Å². The summed E-state index contributed by atoms with van der Waals surface area (Å²) in [6.07, 6.45) is 0.510. The Kier molecular flexibility index (Phi) is 5.05. The van der Waals surface area contributed by atoms with E-state index in [4.69, 9.17) is 4.42 Å². The number of amides is 1. The predicted octanol–water partition coefficient (Wildman–Crippen LogP) is 1.02. The third-order valence-electron chi connectivity index (χ3n) is 4.14. The van der Waals surface area contributed by atoms with Gasteiger partial charge in [0, 0.05) is 33.3 Å². The molecule has 1 N–H and O–H groups in total. The number of carbonyl (C=O) groups is 2. The molecular weight excluding hydrogens is 336 g/mol. The van der Waals surface area contributed by atoms with Gasteiger partial charge >= 0.3 is 5.97 Å². The highest BCUT2D eigenvalue weighted by Crippen LogP contribution is 2.27. The van der Waals surface area contributed by atoms with Crippen molar-refractivity contribution in [2.45, 2.75) is 25.2 Å². The summed E-state index contributed by atoms with van der Waals surface area (Å²) in [5.41, 5.74) is 0. The lowest BCUT2D eigenvalue weighted by Gasteiger charge is -2.34. The van der Waals surface area contributed by atoms with Gasteiger partial charge in [-0.1, -0.05) is 6.92 Å². The molecule has 1 aliphatic rings. The first-order chi connectivity index (χ1) is 11.0. The topological polar surface area (TPSA) is 108 Å². The number of aliphatic carboxylic acids is 1. The molecule has 9 heteroatoms. The second-order valence-electron chi connectivity index (χ2n) is 6.40. The van der Waals surface area contributed by atoms with Crippen LogP contribution in [-0.2, 0) is 14.8 Å². The number of aryl methyl sites for hydroxylation is 1. The van der Waals surface area contributed by atoms with Crippen molar-refractivity contribution in [3.63, 3.8) is 0 Å². The first-order valence-corrected chi connectivity index (χ1v) is 9.03. The van der Waals surface area contributed by atoms with Crippen LogP contribution in [0.1, 0.15) is 29.7 Å². The van der Waals surface area contributed by atoms with Crippen LogP contribution in [0, 0.1) is 18.8 Å². The van der Waals surface area contributed by atoms with Gasteiger partial charge in [0.05, 0.1) is 5.92 Å². The first-order valence-electron chi connectivity index (χ1n) is 7.59. The number of carboxylic acids is 1. The maximum Gasteiger partial charge on any atom is 0.308 e. The number of nitrogens with zero attached hydrogens (tertiary/aromatic N) is 2. The van der Waals surface area contributed by atoms with E-state index in [9.17, 15) is 23.1 Å². The summed E-state index contributed by atoms with van der Waals surface area (Å²) < 4.78 is 30.8. The lowest BCUT2D eigenvalue weighted by atomic mass is 9.90. The Bertz CT molecular complexity index is 752. The molecular formula is C15H22N2O6S. The van der Waals surface area contributed by atoms with Crippen LogP contribution in [-0.4, -0.2) is 61.8 Å². The minimum Gasteiger partial charge on any atom is -0.481 e. The van der Waals surface area contributed by atoms with E-state index in [1.807, 2.05) is 6.92 Å². The fourth-order valence-corrected chi connectivity index (χ4v) is 3.93. The standard InChI is InChI=1S/C15H22N2O6S/c1-9-5-11(15(19)20)8-17(7-9)14(18)12-6-13(10(2)23-12)24(21,22)16(3)4/h6,9,11H,5,7-8H2,1-4H3,(H,19,20). The first kappa shape index (κ1) is 18.5. The molecule has 1 saturated heterocycles. The number of carbonyl (C=O) groups excluding carboxylic acids is 1.